The molecule has 5 nitrogen and oxygen atoms in total. The Morgan fingerprint density at radius 1 is 0.923 bits per heavy atom. The van der Waals surface area contributed by atoms with E-state index in [9.17, 15) is 9.59 Å². The zero-order valence-electron chi connectivity index (χ0n) is 14.4. The first-order chi connectivity index (χ1) is 12.6. The third kappa shape index (κ3) is 2.64. The molecule has 0 radical (unpaired) electrons. The number of para-hydroxylation sites is 1. The van der Waals surface area contributed by atoms with Crippen molar-refractivity contribution in [2.75, 3.05) is 0 Å². The highest BCUT2D eigenvalue weighted by Crippen LogP contribution is 2.30. The normalized spacial score (nSPS) is 11.0. The van der Waals surface area contributed by atoms with Gasteiger partial charge in [-0.3, -0.25) is 20.4 Å². The highest BCUT2D eigenvalue weighted by molar-refractivity contribution is 7.21. The van der Waals surface area contributed by atoms with Gasteiger partial charge < -0.3 is 4.57 Å². The number of hydrogen-bond acceptors (Lipinski definition) is 3. The van der Waals surface area contributed by atoms with Crippen LogP contribution in [0.3, 0.4) is 0 Å². The number of amides is 2. The number of nitrogens with one attached hydrogen (secondary N) is 2. The van der Waals surface area contributed by atoms with Crippen molar-refractivity contribution in [3.05, 3.63) is 70.7 Å². The van der Waals surface area contributed by atoms with Crippen LogP contribution in [-0.4, -0.2) is 16.4 Å². The fraction of sp³-hybridized carbons (Fsp3) is 0.100. The maximum Gasteiger partial charge on any atom is 0.280 e. The minimum Gasteiger partial charge on any atom is -0.350 e. The highest BCUT2D eigenvalue weighted by Gasteiger charge is 2.18. The van der Waals surface area contributed by atoms with Gasteiger partial charge in [-0.15, -0.1) is 11.3 Å². The van der Waals surface area contributed by atoms with Crippen LogP contribution < -0.4 is 10.9 Å². The zero-order valence-corrected chi connectivity index (χ0v) is 15.2. The van der Waals surface area contributed by atoms with Gasteiger partial charge in [-0.25, -0.2) is 0 Å². The van der Waals surface area contributed by atoms with E-state index in [1.165, 1.54) is 11.3 Å². The van der Waals surface area contributed by atoms with Gasteiger partial charge in [-0.1, -0.05) is 36.4 Å². The van der Waals surface area contributed by atoms with Gasteiger partial charge in [0, 0.05) is 28.8 Å². The summed E-state index contributed by atoms with van der Waals surface area (Å²) in [6, 6.07) is 15.5. The number of rotatable bonds is 2. The lowest BCUT2D eigenvalue weighted by Crippen LogP contribution is -2.41. The van der Waals surface area contributed by atoms with Gasteiger partial charge in [-0.05, 0) is 30.0 Å². The summed E-state index contributed by atoms with van der Waals surface area (Å²) in [5, 5.41) is 1.91. The fourth-order valence-electron chi connectivity index (χ4n) is 3.15. The van der Waals surface area contributed by atoms with Gasteiger partial charge in [0.15, 0.2) is 0 Å². The standard InChI is InChI=1S/C20H17N3O2S/c1-12-13-7-4-6-10-17(13)26-18(12)20(25)22-21-19(24)15-11-23(2)16-9-5-3-8-14(15)16/h3-11H,1-2H3,(H,21,24)(H,22,25). The van der Waals surface area contributed by atoms with Crippen LogP contribution in [0.15, 0.2) is 54.7 Å². The van der Waals surface area contributed by atoms with Crippen LogP contribution in [0.4, 0.5) is 0 Å². The molecule has 6 heteroatoms. The van der Waals surface area contributed by atoms with Crippen molar-refractivity contribution in [3.8, 4) is 0 Å². The largest absolute Gasteiger partial charge is 0.350 e. The SMILES string of the molecule is Cc1c(C(=O)NNC(=O)c2cn(C)c3ccccc23)sc2ccccc12. The van der Waals surface area contributed by atoms with Crippen LogP contribution >= 0.6 is 11.3 Å². The number of carbonyl (C=O) groups excluding carboxylic acids is 2. The predicted molar refractivity (Wildman–Crippen MR) is 104 cm³/mol. The lowest BCUT2D eigenvalue weighted by molar-refractivity contribution is 0.0849. The molecule has 2 aromatic carbocycles. The summed E-state index contributed by atoms with van der Waals surface area (Å²) in [6.07, 6.45) is 1.76. The predicted octanol–water partition coefficient (Wildman–Crippen LogP) is 3.78. The average Bonchev–Trinajstić information content (AvgIpc) is 3.18. The third-order valence-corrected chi connectivity index (χ3v) is 5.75. The summed E-state index contributed by atoms with van der Waals surface area (Å²) in [6.45, 7) is 1.92. The summed E-state index contributed by atoms with van der Waals surface area (Å²) in [7, 11) is 1.89. The van der Waals surface area contributed by atoms with Crippen molar-refractivity contribution in [1.29, 1.82) is 0 Å². The van der Waals surface area contributed by atoms with Gasteiger partial charge in [0.05, 0.1) is 10.4 Å². The Balaban J connectivity index is 1.55. The summed E-state index contributed by atoms with van der Waals surface area (Å²) < 4.78 is 2.94. The molecule has 4 aromatic rings. The number of benzene rings is 2. The quantitative estimate of drug-likeness (QED) is 0.533. The van der Waals surface area contributed by atoms with Gasteiger partial charge in [-0.2, -0.15) is 0 Å². The monoisotopic (exact) mass is 363 g/mol. The van der Waals surface area contributed by atoms with E-state index in [-0.39, 0.29) is 11.8 Å². The van der Waals surface area contributed by atoms with Crippen LogP contribution in [0.5, 0.6) is 0 Å². The van der Waals surface area contributed by atoms with Gasteiger partial charge in [0.1, 0.15) is 0 Å². The van der Waals surface area contributed by atoms with Crippen molar-refractivity contribution < 1.29 is 9.59 Å². The third-order valence-electron chi connectivity index (χ3n) is 4.48. The van der Waals surface area contributed by atoms with E-state index in [0.29, 0.717) is 10.4 Å². The summed E-state index contributed by atoms with van der Waals surface area (Å²) >= 11 is 1.42. The molecule has 0 aliphatic carbocycles. The number of hydrazine groups is 1. The molecule has 0 unspecified atom stereocenters. The van der Waals surface area contributed by atoms with E-state index < -0.39 is 0 Å². The number of fused-ring (bicyclic) bond motifs is 2. The number of aryl methyl sites for hydroxylation is 2. The Morgan fingerprint density at radius 3 is 2.35 bits per heavy atom. The lowest BCUT2D eigenvalue weighted by Gasteiger charge is -2.06. The Bertz CT molecular complexity index is 1160. The molecule has 4 rings (SSSR count). The Kier molecular flexibility index (Phi) is 3.97. The molecule has 0 aliphatic heterocycles. The molecule has 0 spiro atoms. The van der Waals surface area contributed by atoms with Crippen molar-refractivity contribution in [2.45, 2.75) is 6.92 Å². The molecule has 0 bridgehead atoms. The fourth-order valence-corrected chi connectivity index (χ4v) is 4.26. The summed E-state index contributed by atoms with van der Waals surface area (Å²) in [5.41, 5.74) is 7.47. The molecular weight excluding hydrogens is 346 g/mol. The van der Waals surface area contributed by atoms with Crippen LogP contribution in [0.2, 0.25) is 0 Å². The zero-order chi connectivity index (χ0) is 18.3. The maximum atomic E-state index is 12.5. The lowest BCUT2D eigenvalue weighted by atomic mass is 10.1. The second-order valence-corrected chi connectivity index (χ2v) is 7.18. The number of thiophene rings is 1. The van der Waals surface area contributed by atoms with E-state index in [0.717, 1.165) is 26.6 Å². The van der Waals surface area contributed by atoms with E-state index in [2.05, 4.69) is 10.9 Å². The van der Waals surface area contributed by atoms with E-state index >= 15 is 0 Å². The molecule has 0 aliphatic rings. The molecule has 0 atom stereocenters. The Morgan fingerprint density at radius 2 is 1.58 bits per heavy atom. The van der Waals surface area contributed by atoms with E-state index in [1.54, 1.807) is 6.20 Å². The number of carbonyl (C=O) groups is 2. The topological polar surface area (TPSA) is 63.1 Å². The Labute approximate surface area is 154 Å². The molecule has 26 heavy (non-hydrogen) atoms. The van der Waals surface area contributed by atoms with Crippen molar-refractivity contribution in [3.63, 3.8) is 0 Å². The average molecular weight is 363 g/mol. The van der Waals surface area contributed by atoms with E-state index in [1.807, 2.05) is 67.1 Å². The number of nitrogens with zero attached hydrogens (tertiary/aromatic N) is 1. The molecule has 2 aromatic heterocycles. The van der Waals surface area contributed by atoms with Crippen molar-refractivity contribution >= 4 is 44.1 Å². The second-order valence-electron chi connectivity index (χ2n) is 6.13. The molecule has 130 valence electrons. The second kappa shape index (κ2) is 6.31. The van der Waals surface area contributed by atoms with Gasteiger partial charge in [0.25, 0.3) is 11.8 Å². The van der Waals surface area contributed by atoms with Crippen molar-refractivity contribution in [1.82, 2.24) is 15.4 Å². The van der Waals surface area contributed by atoms with Crippen LogP contribution in [0, 0.1) is 6.92 Å². The first-order valence-corrected chi connectivity index (χ1v) is 9.01. The number of hydrogen-bond donors (Lipinski definition) is 2. The number of aromatic nitrogens is 1. The molecular formula is C20H17N3O2S. The smallest absolute Gasteiger partial charge is 0.280 e. The van der Waals surface area contributed by atoms with Crippen molar-refractivity contribution in [2.24, 2.45) is 7.05 Å². The van der Waals surface area contributed by atoms with E-state index in [4.69, 9.17) is 0 Å². The maximum absolute atomic E-state index is 12.5. The molecule has 2 N–H and O–H groups in total. The minimum absolute atomic E-state index is 0.308. The molecule has 2 heterocycles. The van der Waals surface area contributed by atoms with Gasteiger partial charge in [0.2, 0.25) is 0 Å². The first-order valence-electron chi connectivity index (χ1n) is 8.19. The summed E-state index contributed by atoms with van der Waals surface area (Å²) in [4.78, 5) is 25.6. The van der Waals surface area contributed by atoms with Crippen LogP contribution in [-0.2, 0) is 7.05 Å². The first kappa shape index (κ1) is 16.4. The summed E-state index contributed by atoms with van der Waals surface area (Å²) in [5.74, 6) is -0.647. The molecule has 0 saturated heterocycles. The van der Waals surface area contributed by atoms with Gasteiger partial charge >= 0.3 is 0 Å². The molecule has 2 amide bonds. The Hall–Kier alpha value is -3.12. The molecule has 0 saturated carbocycles. The minimum atomic E-state index is -0.339. The van der Waals surface area contributed by atoms with Crippen LogP contribution in [0.25, 0.3) is 21.0 Å². The van der Waals surface area contributed by atoms with Crippen LogP contribution in [0.1, 0.15) is 25.6 Å². The highest BCUT2D eigenvalue weighted by atomic mass is 32.1. The molecule has 0 fully saturated rings.